The quantitative estimate of drug-likeness (QED) is 0.583. The van der Waals surface area contributed by atoms with Crippen LogP contribution in [0.4, 0.5) is 0 Å². The van der Waals surface area contributed by atoms with Crippen molar-refractivity contribution in [3.05, 3.63) is 0 Å². The zero-order valence-corrected chi connectivity index (χ0v) is 16.4. The number of nitrogens with one attached hydrogen (secondary N) is 1. The van der Waals surface area contributed by atoms with E-state index in [4.69, 9.17) is 14.3 Å². The van der Waals surface area contributed by atoms with Gasteiger partial charge in [-0.3, -0.25) is 9.59 Å². The standard InChI is InChI=1S/C19H33NO5/c1-7-23-16(21)19(17(22)24-8-2)10-13-11-25-20-15(13)14(19)12(3)9-18(4,5)6/h12-15,20H,7-11H2,1-6H3/t12-,13-,14-,15+/m0/s1. The normalized spacial score (nSPS) is 29.1. The van der Waals surface area contributed by atoms with Gasteiger partial charge in [-0.25, -0.2) is 0 Å². The molecule has 0 aromatic carbocycles. The highest BCUT2D eigenvalue weighted by atomic mass is 16.7. The molecule has 1 aliphatic heterocycles. The highest BCUT2D eigenvalue weighted by Gasteiger charge is 2.66. The van der Waals surface area contributed by atoms with Crippen molar-refractivity contribution in [1.29, 1.82) is 0 Å². The zero-order valence-electron chi connectivity index (χ0n) is 16.4. The van der Waals surface area contributed by atoms with E-state index in [0.717, 1.165) is 6.42 Å². The molecule has 1 heterocycles. The lowest BCUT2D eigenvalue weighted by Gasteiger charge is -2.38. The van der Waals surface area contributed by atoms with Crippen LogP contribution in [0.5, 0.6) is 0 Å². The fourth-order valence-electron chi connectivity index (χ4n) is 4.83. The first kappa shape index (κ1) is 20.2. The van der Waals surface area contributed by atoms with Gasteiger partial charge >= 0.3 is 11.9 Å². The molecule has 144 valence electrons. The maximum atomic E-state index is 13.0. The monoisotopic (exact) mass is 355 g/mol. The van der Waals surface area contributed by atoms with E-state index in [1.54, 1.807) is 13.8 Å². The smallest absolute Gasteiger partial charge is 0.323 e. The third-order valence-electron chi connectivity index (χ3n) is 5.39. The molecule has 1 aliphatic carbocycles. The van der Waals surface area contributed by atoms with E-state index in [2.05, 4.69) is 33.2 Å². The number of hydrogen-bond donors (Lipinski definition) is 1. The second-order valence-electron chi connectivity index (χ2n) is 8.60. The average molecular weight is 355 g/mol. The summed E-state index contributed by atoms with van der Waals surface area (Å²) < 4.78 is 10.7. The van der Waals surface area contributed by atoms with E-state index in [-0.39, 0.29) is 42.4 Å². The molecular formula is C19H33NO5. The first-order chi connectivity index (χ1) is 11.7. The molecule has 4 atom stereocenters. The SMILES string of the molecule is CCOC(=O)C1(C(=O)OCC)C[C@H]2CON[C@H]2[C@@H]1[C@@H](C)CC(C)(C)C. The third kappa shape index (κ3) is 3.85. The fraction of sp³-hybridized carbons (Fsp3) is 0.895. The lowest BCUT2D eigenvalue weighted by Crippen LogP contribution is -2.51. The molecule has 1 N–H and O–H groups in total. The molecule has 1 saturated heterocycles. The zero-order chi connectivity index (χ0) is 18.8. The van der Waals surface area contributed by atoms with Crippen LogP contribution in [-0.2, 0) is 23.9 Å². The van der Waals surface area contributed by atoms with Crippen LogP contribution in [0.1, 0.15) is 54.4 Å². The summed E-state index contributed by atoms with van der Waals surface area (Å²) in [5.41, 5.74) is 1.91. The van der Waals surface area contributed by atoms with E-state index < -0.39 is 17.4 Å². The van der Waals surface area contributed by atoms with Gasteiger partial charge in [-0.1, -0.05) is 27.7 Å². The first-order valence-electron chi connectivity index (χ1n) is 9.39. The Morgan fingerprint density at radius 3 is 2.24 bits per heavy atom. The minimum absolute atomic E-state index is 0.0360. The molecule has 0 amide bonds. The molecule has 6 nitrogen and oxygen atoms in total. The Bertz CT molecular complexity index is 481. The summed E-state index contributed by atoms with van der Waals surface area (Å²) in [6.07, 6.45) is 1.31. The average Bonchev–Trinajstić information content (AvgIpc) is 3.03. The summed E-state index contributed by atoms with van der Waals surface area (Å²) in [6.45, 7) is 13.2. The Morgan fingerprint density at radius 2 is 1.76 bits per heavy atom. The first-order valence-corrected chi connectivity index (χ1v) is 9.39. The Morgan fingerprint density at radius 1 is 1.20 bits per heavy atom. The van der Waals surface area contributed by atoms with E-state index in [1.807, 2.05) is 0 Å². The van der Waals surface area contributed by atoms with Gasteiger partial charge in [0.1, 0.15) is 0 Å². The third-order valence-corrected chi connectivity index (χ3v) is 5.39. The predicted molar refractivity (Wildman–Crippen MR) is 93.4 cm³/mol. The molecule has 2 fully saturated rings. The topological polar surface area (TPSA) is 73.9 Å². The summed E-state index contributed by atoms with van der Waals surface area (Å²) in [5.74, 6) is -0.859. The lowest BCUT2D eigenvalue weighted by atomic mass is 9.67. The molecule has 0 bridgehead atoms. The number of hydrogen-bond acceptors (Lipinski definition) is 6. The van der Waals surface area contributed by atoms with Crippen molar-refractivity contribution in [2.45, 2.75) is 60.4 Å². The molecule has 0 aromatic rings. The number of carbonyl (C=O) groups is 2. The van der Waals surface area contributed by atoms with Crippen molar-refractivity contribution in [1.82, 2.24) is 5.48 Å². The minimum atomic E-state index is -1.25. The van der Waals surface area contributed by atoms with Gasteiger partial charge in [0.2, 0.25) is 0 Å². The molecule has 6 heteroatoms. The van der Waals surface area contributed by atoms with Gasteiger partial charge in [-0.2, -0.15) is 5.48 Å². The van der Waals surface area contributed by atoms with Crippen molar-refractivity contribution in [2.24, 2.45) is 28.6 Å². The van der Waals surface area contributed by atoms with Gasteiger partial charge < -0.3 is 14.3 Å². The van der Waals surface area contributed by atoms with Crippen molar-refractivity contribution < 1.29 is 23.9 Å². The van der Waals surface area contributed by atoms with Gasteiger partial charge in [0.15, 0.2) is 5.41 Å². The lowest BCUT2D eigenvalue weighted by molar-refractivity contribution is -0.178. The van der Waals surface area contributed by atoms with Crippen molar-refractivity contribution in [3.63, 3.8) is 0 Å². The number of rotatable bonds is 6. The van der Waals surface area contributed by atoms with Crippen molar-refractivity contribution in [3.8, 4) is 0 Å². The maximum Gasteiger partial charge on any atom is 0.323 e. The molecular weight excluding hydrogens is 322 g/mol. The van der Waals surface area contributed by atoms with Gasteiger partial charge in [0.05, 0.1) is 19.8 Å². The highest BCUT2D eigenvalue weighted by molar-refractivity contribution is 6.01. The molecule has 0 unspecified atom stereocenters. The molecule has 0 aromatic heterocycles. The number of carbonyl (C=O) groups excluding carboxylic acids is 2. The summed E-state index contributed by atoms with van der Waals surface area (Å²) in [4.78, 5) is 31.4. The second-order valence-corrected chi connectivity index (χ2v) is 8.60. The van der Waals surface area contributed by atoms with E-state index in [0.29, 0.717) is 13.0 Å². The van der Waals surface area contributed by atoms with Gasteiger partial charge in [0.25, 0.3) is 0 Å². The van der Waals surface area contributed by atoms with Crippen LogP contribution in [0.25, 0.3) is 0 Å². The van der Waals surface area contributed by atoms with Gasteiger partial charge in [-0.05, 0) is 38.0 Å². The Balaban J connectivity index is 2.45. The molecule has 0 spiro atoms. The van der Waals surface area contributed by atoms with E-state index in [9.17, 15) is 9.59 Å². The summed E-state index contributed by atoms with van der Waals surface area (Å²) >= 11 is 0. The summed E-state index contributed by atoms with van der Waals surface area (Å²) in [7, 11) is 0. The highest BCUT2D eigenvalue weighted by Crippen LogP contribution is 2.54. The van der Waals surface area contributed by atoms with Crippen LogP contribution in [0, 0.1) is 28.6 Å². The van der Waals surface area contributed by atoms with Crippen LogP contribution in [0.3, 0.4) is 0 Å². The van der Waals surface area contributed by atoms with E-state index in [1.165, 1.54) is 0 Å². The van der Waals surface area contributed by atoms with Crippen molar-refractivity contribution in [2.75, 3.05) is 19.8 Å². The molecule has 1 saturated carbocycles. The molecule has 0 radical (unpaired) electrons. The summed E-state index contributed by atoms with van der Waals surface area (Å²) in [6, 6.07) is -0.0360. The number of hydroxylamine groups is 1. The molecule has 2 aliphatic rings. The van der Waals surface area contributed by atoms with Crippen LogP contribution in [0.2, 0.25) is 0 Å². The molecule has 25 heavy (non-hydrogen) atoms. The Labute approximate surface area is 150 Å². The van der Waals surface area contributed by atoms with Gasteiger partial charge in [-0.15, -0.1) is 0 Å². The number of ether oxygens (including phenoxy) is 2. The summed E-state index contributed by atoms with van der Waals surface area (Å²) in [5, 5.41) is 0. The maximum absolute atomic E-state index is 13.0. The van der Waals surface area contributed by atoms with Crippen molar-refractivity contribution >= 4 is 11.9 Å². The minimum Gasteiger partial charge on any atom is -0.465 e. The largest absolute Gasteiger partial charge is 0.465 e. The van der Waals surface area contributed by atoms with E-state index >= 15 is 0 Å². The van der Waals surface area contributed by atoms with Gasteiger partial charge in [0, 0.05) is 17.9 Å². The Hall–Kier alpha value is -1.14. The number of esters is 2. The molecule has 2 rings (SSSR count). The number of fused-ring (bicyclic) bond motifs is 1. The second kappa shape index (κ2) is 7.62. The fourth-order valence-corrected chi connectivity index (χ4v) is 4.83. The Kier molecular flexibility index (Phi) is 6.15. The predicted octanol–water partition coefficient (Wildman–Crippen LogP) is 2.71. The van der Waals surface area contributed by atoms with Crippen LogP contribution >= 0.6 is 0 Å². The van der Waals surface area contributed by atoms with Crippen LogP contribution < -0.4 is 5.48 Å². The van der Waals surface area contributed by atoms with Crippen LogP contribution in [-0.4, -0.2) is 37.8 Å². The van der Waals surface area contributed by atoms with Crippen LogP contribution in [0.15, 0.2) is 0 Å².